The molecule has 6 heteroatoms. The Kier molecular flexibility index (Phi) is 3.38. The molecule has 1 N–H and O–H groups in total. The second-order valence-electron chi connectivity index (χ2n) is 4.07. The molecule has 0 aliphatic carbocycles. The Morgan fingerprint density at radius 1 is 1.39 bits per heavy atom. The van der Waals surface area contributed by atoms with Gasteiger partial charge in [-0.2, -0.15) is 0 Å². The Hall–Kier alpha value is -1.82. The van der Waals surface area contributed by atoms with E-state index >= 15 is 0 Å². The van der Waals surface area contributed by atoms with Crippen LogP contribution in [0.3, 0.4) is 0 Å². The van der Waals surface area contributed by atoms with Crippen LogP contribution < -0.4 is 5.32 Å². The highest BCUT2D eigenvalue weighted by Crippen LogP contribution is 2.20. The van der Waals surface area contributed by atoms with E-state index in [1.54, 1.807) is 24.4 Å². The number of rotatable bonds is 4. The lowest BCUT2D eigenvalue weighted by molar-refractivity contribution is 0.511. The predicted octanol–water partition coefficient (Wildman–Crippen LogP) is 2.00. The highest BCUT2D eigenvalue weighted by molar-refractivity contribution is 7.90. The lowest BCUT2D eigenvalue weighted by atomic mass is 10.2. The van der Waals surface area contributed by atoms with Gasteiger partial charge in [0.1, 0.15) is 5.76 Å². The molecule has 0 amide bonds. The number of anilines is 1. The first kappa shape index (κ1) is 12.6. The Morgan fingerprint density at radius 2 is 2.17 bits per heavy atom. The summed E-state index contributed by atoms with van der Waals surface area (Å²) in [6.45, 7) is 2.38. The number of aryl methyl sites for hydroxylation is 1. The van der Waals surface area contributed by atoms with Gasteiger partial charge in [-0.15, -0.1) is 0 Å². The molecule has 1 heterocycles. The molecule has 0 bridgehead atoms. The van der Waals surface area contributed by atoms with Gasteiger partial charge in [-0.3, -0.25) is 0 Å². The summed E-state index contributed by atoms with van der Waals surface area (Å²) >= 11 is 0. The molecule has 0 atom stereocenters. The maximum atomic E-state index is 11.5. The van der Waals surface area contributed by atoms with E-state index in [1.165, 1.54) is 12.6 Å². The number of benzene rings is 1. The molecule has 0 unspecified atom stereocenters. The van der Waals surface area contributed by atoms with Gasteiger partial charge in [0.2, 0.25) is 0 Å². The van der Waals surface area contributed by atoms with Crippen molar-refractivity contribution >= 4 is 15.5 Å². The molecule has 2 rings (SSSR count). The van der Waals surface area contributed by atoms with Gasteiger partial charge in [0, 0.05) is 11.9 Å². The fraction of sp³-hybridized carbons (Fsp3) is 0.250. The van der Waals surface area contributed by atoms with E-state index in [4.69, 9.17) is 4.42 Å². The maximum Gasteiger partial charge on any atom is 0.180 e. The predicted molar refractivity (Wildman–Crippen MR) is 68.1 cm³/mol. The Bertz CT molecular complexity index is 633. The molecule has 96 valence electrons. The Labute approximate surface area is 106 Å². The van der Waals surface area contributed by atoms with E-state index in [0.717, 1.165) is 11.3 Å². The van der Waals surface area contributed by atoms with Gasteiger partial charge in [-0.05, 0) is 24.6 Å². The summed E-state index contributed by atoms with van der Waals surface area (Å²) in [6.07, 6.45) is 4.16. The van der Waals surface area contributed by atoms with Crippen molar-refractivity contribution in [3.8, 4) is 0 Å². The van der Waals surface area contributed by atoms with Crippen LogP contribution >= 0.6 is 0 Å². The van der Waals surface area contributed by atoms with E-state index in [2.05, 4.69) is 10.3 Å². The van der Waals surface area contributed by atoms with Crippen molar-refractivity contribution in [2.75, 3.05) is 11.6 Å². The number of sulfone groups is 1. The van der Waals surface area contributed by atoms with Crippen LogP contribution in [0.1, 0.15) is 11.3 Å². The number of nitrogens with zero attached hydrogens (tertiary/aromatic N) is 1. The molecule has 5 nitrogen and oxygen atoms in total. The molecule has 0 saturated carbocycles. The van der Waals surface area contributed by atoms with Crippen LogP contribution in [0.2, 0.25) is 0 Å². The molecule has 2 aromatic rings. The second kappa shape index (κ2) is 4.81. The van der Waals surface area contributed by atoms with Crippen molar-refractivity contribution in [2.45, 2.75) is 18.4 Å². The van der Waals surface area contributed by atoms with Crippen molar-refractivity contribution in [3.05, 3.63) is 42.1 Å². The summed E-state index contributed by atoms with van der Waals surface area (Å²) < 4.78 is 28.0. The minimum atomic E-state index is -3.19. The van der Waals surface area contributed by atoms with Crippen molar-refractivity contribution in [2.24, 2.45) is 0 Å². The minimum absolute atomic E-state index is 0.299. The van der Waals surface area contributed by atoms with E-state index in [9.17, 15) is 8.42 Å². The van der Waals surface area contributed by atoms with Gasteiger partial charge in [0.15, 0.2) is 16.2 Å². The summed E-state index contributed by atoms with van der Waals surface area (Å²) in [5.74, 6) is 0.694. The molecule has 0 radical (unpaired) electrons. The monoisotopic (exact) mass is 266 g/mol. The SMILES string of the molecule is Cc1ccc(S(C)(=O)=O)cc1NCc1cnco1. The van der Waals surface area contributed by atoms with E-state index < -0.39 is 9.84 Å². The molecule has 0 saturated heterocycles. The average molecular weight is 266 g/mol. The van der Waals surface area contributed by atoms with Crippen molar-refractivity contribution < 1.29 is 12.8 Å². The molecule has 0 spiro atoms. The van der Waals surface area contributed by atoms with Crippen LogP contribution in [-0.2, 0) is 16.4 Å². The van der Waals surface area contributed by atoms with Crippen LogP contribution in [-0.4, -0.2) is 19.7 Å². The topological polar surface area (TPSA) is 72.2 Å². The summed E-state index contributed by atoms with van der Waals surface area (Å²) in [7, 11) is -3.19. The summed E-state index contributed by atoms with van der Waals surface area (Å²) in [4.78, 5) is 4.11. The maximum absolute atomic E-state index is 11.5. The van der Waals surface area contributed by atoms with Gasteiger partial charge < -0.3 is 9.73 Å². The summed E-state index contributed by atoms with van der Waals surface area (Å²) in [6, 6.07) is 5.00. The van der Waals surface area contributed by atoms with E-state index in [-0.39, 0.29) is 0 Å². The fourth-order valence-corrected chi connectivity index (χ4v) is 2.18. The second-order valence-corrected chi connectivity index (χ2v) is 6.09. The number of hydrogen-bond donors (Lipinski definition) is 1. The van der Waals surface area contributed by atoms with Crippen LogP contribution in [0.15, 0.2) is 40.1 Å². The van der Waals surface area contributed by atoms with E-state index in [0.29, 0.717) is 17.2 Å². The number of aromatic nitrogens is 1. The minimum Gasteiger partial charge on any atom is -0.447 e. The van der Waals surface area contributed by atoms with Crippen molar-refractivity contribution in [1.29, 1.82) is 0 Å². The fourth-order valence-electron chi connectivity index (χ4n) is 1.53. The third-order valence-corrected chi connectivity index (χ3v) is 3.68. The molecule has 0 aliphatic rings. The van der Waals surface area contributed by atoms with Gasteiger partial charge in [0.25, 0.3) is 0 Å². The lowest BCUT2D eigenvalue weighted by Crippen LogP contribution is -2.03. The van der Waals surface area contributed by atoms with Crippen molar-refractivity contribution in [1.82, 2.24) is 4.98 Å². The standard InChI is InChI=1S/C12H14N2O3S/c1-9-3-4-11(18(2,15)16)5-12(9)14-7-10-6-13-8-17-10/h3-6,8,14H,7H2,1-2H3. The van der Waals surface area contributed by atoms with Gasteiger partial charge in [-0.25, -0.2) is 13.4 Å². The van der Waals surface area contributed by atoms with Gasteiger partial charge in [-0.1, -0.05) is 6.07 Å². The molecule has 1 aromatic carbocycles. The van der Waals surface area contributed by atoms with Crippen LogP contribution in [0.5, 0.6) is 0 Å². The summed E-state index contributed by atoms with van der Waals surface area (Å²) in [5, 5.41) is 3.13. The first-order valence-corrected chi connectivity index (χ1v) is 7.28. The lowest BCUT2D eigenvalue weighted by Gasteiger charge is -2.09. The van der Waals surface area contributed by atoms with E-state index in [1.807, 2.05) is 6.92 Å². The van der Waals surface area contributed by atoms with Gasteiger partial charge in [0.05, 0.1) is 17.6 Å². The number of nitrogens with one attached hydrogen (secondary N) is 1. The first-order chi connectivity index (χ1) is 8.47. The van der Waals surface area contributed by atoms with Gasteiger partial charge >= 0.3 is 0 Å². The molecule has 0 fully saturated rings. The summed E-state index contributed by atoms with van der Waals surface area (Å²) in [5.41, 5.74) is 1.75. The van der Waals surface area contributed by atoms with Crippen molar-refractivity contribution in [3.63, 3.8) is 0 Å². The Morgan fingerprint density at radius 3 is 2.78 bits per heavy atom. The molecular formula is C12H14N2O3S. The third-order valence-electron chi connectivity index (χ3n) is 2.57. The normalized spacial score (nSPS) is 11.4. The molecular weight excluding hydrogens is 252 g/mol. The van der Waals surface area contributed by atoms with Crippen LogP contribution in [0.25, 0.3) is 0 Å². The first-order valence-electron chi connectivity index (χ1n) is 5.39. The smallest absolute Gasteiger partial charge is 0.180 e. The number of oxazole rings is 1. The zero-order valence-electron chi connectivity index (χ0n) is 10.2. The molecule has 1 aromatic heterocycles. The van der Waals surface area contributed by atoms with Crippen LogP contribution in [0.4, 0.5) is 5.69 Å². The number of hydrogen-bond acceptors (Lipinski definition) is 5. The highest BCUT2D eigenvalue weighted by Gasteiger charge is 2.09. The molecule has 0 aliphatic heterocycles. The zero-order chi connectivity index (χ0) is 13.2. The largest absolute Gasteiger partial charge is 0.447 e. The zero-order valence-corrected chi connectivity index (χ0v) is 11.0. The Balaban J connectivity index is 2.22. The average Bonchev–Trinajstić information content (AvgIpc) is 2.79. The molecule has 18 heavy (non-hydrogen) atoms. The van der Waals surface area contributed by atoms with Crippen LogP contribution in [0, 0.1) is 6.92 Å². The third kappa shape index (κ3) is 2.89. The highest BCUT2D eigenvalue weighted by atomic mass is 32.2. The quantitative estimate of drug-likeness (QED) is 0.916.